The smallest absolute Gasteiger partial charge is 0.0780 e. The van der Waals surface area contributed by atoms with Gasteiger partial charge in [0.15, 0.2) is 0 Å². The topological polar surface area (TPSA) is 12.9 Å². The minimum absolute atomic E-state index is 1.04. The van der Waals surface area contributed by atoms with Crippen LogP contribution in [0.25, 0.3) is 22.4 Å². The zero-order chi connectivity index (χ0) is 13.1. The second kappa shape index (κ2) is 5.07. The van der Waals surface area contributed by atoms with E-state index >= 15 is 0 Å². The van der Waals surface area contributed by atoms with Gasteiger partial charge in [0.05, 0.1) is 5.69 Å². The van der Waals surface area contributed by atoms with Crippen LogP contribution in [0.4, 0.5) is 0 Å². The molecule has 0 aliphatic heterocycles. The molecule has 0 amide bonds. The number of nitrogens with zero attached hydrogens (tertiary/aromatic N) is 1. The molecule has 3 rings (SSSR count). The molecule has 0 aliphatic rings. The van der Waals surface area contributed by atoms with Crippen molar-refractivity contribution in [3.63, 3.8) is 0 Å². The molecule has 92 valence electrons. The lowest BCUT2D eigenvalue weighted by atomic mass is 9.98. The van der Waals surface area contributed by atoms with Crippen molar-refractivity contribution in [1.29, 1.82) is 0 Å². The van der Waals surface area contributed by atoms with Gasteiger partial charge >= 0.3 is 0 Å². The lowest BCUT2D eigenvalue weighted by molar-refractivity contribution is 1.27. The van der Waals surface area contributed by atoms with Crippen LogP contribution in [0.2, 0.25) is 0 Å². The van der Waals surface area contributed by atoms with Crippen LogP contribution in [-0.4, -0.2) is 4.98 Å². The Balaban J connectivity index is 2.21. The van der Waals surface area contributed by atoms with Crippen LogP contribution in [0.1, 0.15) is 5.56 Å². The number of rotatable bonds is 2. The number of pyridine rings is 1. The van der Waals surface area contributed by atoms with Crippen LogP contribution in [0.15, 0.2) is 72.9 Å². The first-order valence-corrected chi connectivity index (χ1v) is 6.42. The second-order valence-electron chi connectivity index (χ2n) is 4.64. The molecule has 0 N–H and O–H groups in total. The van der Waals surface area contributed by atoms with Crippen molar-refractivity contribution in [2.75, 3.05) is 0 Å². The third-order valence-corrected chi connectivity index (χ3v) is 3.16. The van der Waals surface area contributed by atoms with Crippen LogP contribution < -0.4 is 0 Å². The monoisotopic (exact) mass is 245 g/mol. The van der Waals surface area contributed by atoms with E-state index in [2.05, 4.69) is 54.4 Å². The average Bonchev–Trinajstić information content (AvgIpc) is 2.49. The first kappa shape index (κ1) is 11.7. The summed E-state index contributed by atoms with van der Waals surface area (Å²) >= 11 is 0. The Bertz CT molecular complexity index is 673. The van der Waals surface area contributed by atoms with Gasteiger partial charge in [-0.3, -0.25) is 4.98 Å². The summed E-state index contributed by atoms with van der Waals surface area (Å²) in [6.07, 6.45) is 1.93. The number of aromatic nitrogens is 1. The van der Waals surface area contributed by atoms with Crippen LogP contribution in [-0.2, 0) is 0 Å². The van der Waals surface area contributed by atoms with Gasteiger partial charge in [-0.1, -0.05) is 60.7 Å². The van der Waals surface area contributed by atoms with E-state index in [0.717, 1.165) is 11.3 Å². The zero-order valence-corrected chi connectivity index (χ0v) is 10.9. The summed E-state index contributed by atoms with van der Waals surface area (Å²) in [5, 5.41) is 0. The van der Waals surface area contributed by atoms with Gasteiger partial charge in [0.25, 0.3) is 0 Å². The summed E-state index contributed by atoms with van der Waals surface area (Å²) in [6.45, 7) is 2.08. The summed E-state index contributed by atoms with van der Waals surface area (Å²) < 4.78 is 0. The lowest BCUT2D eigenvalue weighted by Crippen LogP contribution is -1.90. The molecule has 1 aromatic heterocycles. The maximum atomic E-state index is 4.62. The van der Waals surface area contributed by atoms with Crippen LogP contribution >= 0.6 is 0 Å². The summed E-state index contributed by atoms with van der Waals surface area (Å²) in [5.74, 6) is 0. The van der Waals surface area contributed by atoms with Crippen LogP contribution in [0.5, 0.6) is 0 Å². The highest BCUT2D eigenvalue weighted by Gasteiger charge is 2.08. The average molecular weight is 245 g/mol. The molecule has 1 nitrogen and oxygen atoms in total. The minimum atomic E-state index is 1.04. The fourth-order valence-corrected chi connectivity index (χ4v) is 2.23. The van der Waals surface area contributed by atoms with Crippen molar-refractivity contribution in [3.05, 3.63) is 78.5 Å². The molecule has 0 fully saturated rings. The van der Waals surface area contributed by atoms with E-state index in [1.54, 1.807) is 0 Å². The highest BCUT2D eigenvalue weighted by molar-refractivity contribution is 5.80. The number of hydrogen-bond acceptors (Lipinski definition) is 1. The molecule has 19 heavy (non-hydrogen) atoms. The van der Waals surface area contributed by atoms with Gasteiger partial charge in [0.2, 0.25) is 0 Å². The van der Waals surface area contributed by atoms with E-state index in [1.807, 2.05) is 30.5 Å². The maximum Gasteiger partial charge on any atom is 0.0780 e. The zero-order valence-electron chi connectivity index (χ0n) is 10.9. The molecule has 0 unspecified atom stereocenters. The Morgan fingerprint density at radius 3 is 1.95 bits per heavy atom. The van der Waals surface area contributed by atoms with Crippen molar-refractivity contribution < 1.29 is 0 Å². The highest BCUT2D eigenvalue weighted by atomic mass is 14.7. The molecule has 3 aromatic rings. The van der Waals surface area contributed by atoms with Gasteiger partial charge in [0, 0.05) is 17.3 Å². The Kier molecular flexibility index (Phi) is 3.11. The first-order valence-electron chi connectivity index (χ1n) is 6.42. The van der Waals surface area contributed by atoms with E-state index in [4.69, 9.17) is 0 Å². The van der Waals surface area contributed by atoms with Gasteiger partial charge in [-0.2, -0.15) is 0 Å². The number of benzene rings is 2. The molecule has 0 radical (unpaired) electrons. The molecule has 2 aromatic carbocycles. The molecular formula is C18H15N. The predicted molar refractivity (Wildman–Crippen MR) is 79.8 cm³/mol. The van der Waals surface area contributed by atoms with Gasteiger partial charge in [-0.15, -0.1) is 0 Å². The molecule has 1 heteroatoms. The Morgan fingerprint density at radius 1 is 0.737 bits per heavy atom. The predicted octanol–water partition coefficient (Wildman–Crippen LogP) is 4.72. The fourth-order valence-electron chi connectivity index (χ4n) is 2.23. The SMILES string of the molecule is Cc1cnc(-c2ccccc2)c(-c2ccccc2)c1. The van der Waals surface area contributed by atoms with E-state index in [9.17, 15) is 0 Å². The molecule has 1 heterocycles. The number of hydrogen-bond donors (Lipinski definition) is 0. The molecule has 0 bridgehead atoms. The Hall–Kier alpha value is -2.41. The molecule has 0 atom stereocenters. The van der Waals surface area contributed by atoms with Crippen molar-refractivity contribution in [3.8, 4) is 22.4 Å². The number of aryl methyl sites for hydroxylation is 1. The maximum absolute atomic E-state index is 4.62. The van der Waals surface area contributed by atoms with E-state index in [0.29, 0.717) is 0 Å². The quantitative estimate of drug-likeness (QED) is 0.636. The summed E-state index contributed by atoms with van der Waals surface area (Å²) in [5.41, 5.74) is 5.77. The third-order valence-electron chi connectivity index (χ3n) is 3.16. The van der Waals surface area contributed by atoms with E-state index in [-0.39, 0.29) is 0 Å². The van der Waals surface area contributed by atoms with Crippen LogP contribution in [0.3, 0.4) is 0 Å². The largest absolute Gasteiger partial charge is 0.255 e. The summed E-state index contributed by atoms with van der Waals surface area (Å²) in [6, 6.07) is 22.9. The van der Waals surface area contributed by atoms with Crippen molar-refractivity contribution in [1.82, 2.24) is 4.98 Å². The molecule has 0 saturated carbocycles. The standard InChI is InChI=1S/C18H15N/c1-14-12-17(15-8-4-2-5-9-15)18(19-13-14)16-10-6-3-7-11-16/h2-13H,1H3. The molecule has 0 spiro atoms. The van der Waals surface area contributed by atoms with E-state index in [1.165, 1.54) is 16.7 Å². The third kappa shape index (κ3) is 2.41. The lowest BCUT2D eigenvalue weighted by Gasteiger charge is -2.10. The summed E-state index contributed by atoms with van der Waals surface area (Å²) in [7, 11) is 0. The Morgan fingerprint density at radius 2 is 1.32 bits per heavy atom. The molecular weight excluding hydrogens is 230 g/mol. The fraction of sp³-hybridized carbons (Fsp3) is 0.0556. The Labute approximate surface area is 113 Å². The van der Waals surface area contributed by atoms with Gasteiger partial charge in [-0.25, -0.2) is 0 Å². The summed E-state index contributed by atoms with van der Waals surface area (Å²) in [4.78, 5) is 4.62. The van der Waals surface area contributed by atoms with Gasteiger partial charge < -0.3 is 0 Å². The highest BCUT2D eigenvalue weighted by Crippen LogP contribution is 2.30. The van der Waals surface area contributed by atoms with Gasteiger partial charge in [-0.05, 0) is 24.1 Å². The molecule has 0 aliphatic carbocycles. The van der Waals surface area contributed by atoms with Crippen molar-refractivity contribution in [2.24, 2.45) is 0 Å². The second-order valence-corrected chi connectivity index (χ2v) is 4.64. The molecule has 0 saturated heterocycles. The first-order chi connectivity index (χ1) is 9.34. The van der Waals surface area contributed by atoms with E-state index < -0.39 is 0 Å². The van der Waals surface area contributed by atoms with Crippen molar-refractivity contribution >= 4 is 0 Å². The van der Waals surface area contributed by atoms with Crippen LogP contribution in [0, 0.1) is 6.92 Å². The normalized spacial score (nSPS) is 10.4. The van der Waals surface area contributed by atoms with Gasteiger partial charge in [0.1, 0.15) is 0 Å². The minimum Gasteiger partial charge on any atom is -0.255 e. The van der Waals surface area contributed by atoms with Crippen molar-refractivity contribution in [2.45, 2.75) is 6.92 Å².